The minimum Gasteiger partial charge on any atom is -0.369 e. The molecule has 0 amide bonds. The molecule has 0 spiro atoms. The van der Waals surface area contributed by atoms with Crippen LogP contribution in [-0.4, -0.2) is 29.6 Å². The highest BCUT2D eigenvalue weighted by Crippen LogP contribution is 2.23. The summed E-state index contributed by atoms with van der Waals surface area (Å²) < 4.78 is 0.926. The van der Waals surface area contributed by atoms with Gasteiger partial charge in [-0.3, -0.25) is 0 Å². The third-order valence-electron chi connectivity index (χ3n) is 2.71. The first-order valence-corrected chi connectivity index (χ1v) is 6.62. The Morgan fingerprint density at radius 1 is 1.38 bits per heavy atom. The summed E-state index contributed by atoms with van der Waals surface area (Å²) in [6, 6.07) is 0. The van der Waals surface area contributed by atoms with Crippen molar-refractivity contribution in [2.24, 2.45) is 0 Å². The zero-order chi connectivity index (χ0) is 11.4. The molecule has 1 aliphatic rings. The highest BCUT2D eigenvalue weighted by Gasteiger charge is 2.14. The number of hydrogen-bond donors (Lipinski definition) is 1. The van der Waals surface area contributed by atoms with E-state index in [0.29, 0.717) is 0 Å². The molecular weight excluding hydrogens is 268 g/mol. The van der Waals surface area contributed by atoms with E-state index in [1.54, 1.807) is 0 Å². The molecule has 1 aromatic rings. The minimum absolute atomic E-state index is 0.846. The van der Waals surface area contributed by atoms with E-state index in [1.165, 1.54) is 19.3 Å². The Hall–Kier alpha value is -0.840. The molecule has 1 N–H and O–H groups in total. The monoisotopic (exact) mass is 284 g/mol. The first-order valence-electron chi connectivity index (χ1n) is 5.82. The van der Waals surface area contributed by atoms with E-state index >= 15 is 0 Å². The number of piperidine rings is 1. The maximum Gasteiger partial charge on any atom is 0.227 e. The van der Waals surface area contributed by atoms with Crippen LogP contribution in [0, 0.1) is 0 Å². The molecule has 0 bridgehead atoms. The lowest BCUT2D eigenvalue weighted by molar-refractivity contribution is 0.568. The average Bonchev–Trinajstić information content (AvgIpc) is 2.33. The summed E-state index contributed by atoms with van der Waals surface area (Å²) in [7, 11) is 0. The van der Waals surface area contributed by atoms with Crippen LogP contribution in [0.5, 0.6) is 0 Å². The number of nitrogens with one attached hydrogen (secondary N) is 1. The largest absolute Gasteiger partial charge is 0.369 e. The van der Waals surface area contributed by atoms with Gasteiger partial charge in [0.2, 0.25) is 5.95 Å². The predicted molar refractivity (Wildman–Crippen MR) is 70.0 cm³/mol. The normalized spacial score (nSPS) is 16.2. The summed E-state index contributed by atoms with van der Waals surface area (Å²) in [6.45, 7) is 5.09. The molecule has 5 heteroatoms. The molecule has 2 heterocycles. The zero-order valence-corrected chi connectivity index (χ0v) is 11.1. The van der Waals surface area contributed by atoms with Crippen LogP contribution in [0.1, 0.15) is 26.2 Å². The molecule has 0 saturated carbocycles. The van der Waals surface area contributed by atoms with Gasteiger partial charge in [-0.2, -0.15) is 4.98 Å². The van der Waals surface area contributed by atoms with Crippen molar-refractivity contribution < 1.29 is 0 Å². The fraction of sp³-hybridized carbons (Fsp3) is 0.636. The average molecular weight is 285 g/mol. The van der Waals surface area contributed by atoms with Crippen LogP contribution in [0.3, 0.4) is 0 Å². The molecule has 88 valence electrons. The van der Waals surface area contributed by atoms with Crippen LogP contribution in [-0.2, 0) is 0 Å². The summed E-state index contributed by atoms with van der Waals surface area (Å²) in [5.74, 6) is 1.73. The number of aromatic nitrogens is 2. The van der Waals surface area contributed by atoms with Gasteiger partial charge in [-0.05, 0) is 42.1 Å². The molecule has 0 aromatic carbocycles. The Kier molecular flexibility index (Phi) is 3.98. The molecule has 16 heavy (non-hydrogen) atoms. The molecular formula is C11H17BrN4. The Morgan fingerprint density at radius 2 is 2.12 bits per heavy atom. The fourth-order valence-corrected chi connectivity index (χ4v) is 2.23. The van der Waals surface area contributed by atoms with Crippen LogP contribution in [0.4, 0.5) is 11.8 Å². The number of hydrogen-bond acceptors (Lipinski definition) is 4. The van der Waals surface area contributed by atoms with Gasteiger partial charge in [0.05, 0.1) is 4.47 Å². The third-order valence-corrected chi connectivity index (χ3v) is 3.29. The molecule has 0 radical (unpaired) electrons. The maximum absolute atomic E-state index is 4.54. The second-order valence-corrected chi connectivity index (χ2v) is 4.80. The Labute approximate surface area is 105 Å². The van der Waals surface area contributed by atoms with Gasteiger partial charge < -0.3 is 10.2 Å². The SMILES string of the molecule is CCNc1nc(N2CCCCC2)ncc1Br. The fourth-order valence-electron chi connectivity index (χ4n) is 1.90. The van der Waals surface area contributed by atoms with Gasteiger partial charge in [-0.15, -0.1) is 0 Å². The quantitative estimate of drug-likeness (QED) is 0.927. The van der Waals surface area contributed by atoms with Gasteiger partial charge in [0.25, 0.3) is 0 Å². The standard InChI is InChI=1S/C11H17BrN4/c1-2-13-10-9(12)8-14-11(15-10)16-6-4-3-5-7-16/h8H,2-7H2,1H3,(H,13,14,15). The van der Waals surface area contributed by atoms with Crippen molar-refractivity contribution in [3.05, 3.63) is 10.7 Å². The lowest BCUT2D eigenvalue weighted by Crippen LogP contribution is -2.31. The van der Waals surface area contributed by atoms with E-state index in [9.17, 15) is 0 Å². The Morgan fingerprint density at radius 3 is 2.81 bits per heavy atom. The van der Waals surface area contributed by atoms with Crippen LogP contribution in [0.25, 0.3) is 0 Å². The van der Waals surface area contributed by atoms with Gasteiger partial charge >= 0.3 is 0 Å². The summed E-state index contributed by atoms with van der Waals surface area (Å²) in [4.78, 5) is 11.2. The van der Waals surface area contributed by atoms with Gasteiger partial charge in [0, 0.05) is 25.8 Å². The highest BCUT2D eigenvalue weighted by molar-refractivity contribution is 9.10. The summed E-state index contributed by atoms with van der Waals surface area (Å²) in [5.41, 5.74) is 0. The lowest BCUT2D eigenvalue weighted by Gasteiger charge is -2.26. The smallest absolute Gasteiger partial charge is 0.227 e. The lowest BCUT2D eigenvalue weighted by atomic mass is 10.1. The van der Waals surface area contributed by atoms with Gasteiger partial charge in [-0.25, -0.2) is 4.98 Å². The van der Waals surface area contributed by atoms with E-state index in [4.69, 9.17) is 0 Å². The van der Waals surface area contributed by atoms with Crippen molar-refractivity contribution in [2.75, 3.05) is 29.9 Å². The molecule has 0 unspecified atom stereocenters. The van der Waals surface area contributed by atoms with E-state index in [-0.39, 0.29) is 0 Å². The molecule has 2 rings (SSSR count). The minimum atomic E-state index is 0.846. The van der Waals surface area contributed by atoms with Gasteiger partial charge in [-0.1, -0.05) is 0 Å². The Balaban J connectivity index is 2.17. The second-order valence-electron chi connectivity index (χ2n) is 3.94. The van der Waals surface area contributed by atoms with Crippen molar-refractivity contribution in [1.82, 2.24) is 9.97 Å². The van der Waals surface area contributed by atoms with Crippen molar-refractivity contribution in [1.29, 1.82) is 0 Å². The van der Waals surface area contributed by atoms with Crippen molar-refractivity contribution in [3.63, 3.8) is 0 Å². The van der Waals surface area contributed by atoms with Gasteiger partial charge in [0.1, 0.15) is 5.82 Å². The first kappa shape index (κ1) is 11.6. The van der Waals surface area contributed by atoms with E-state index in [2.05, 4.69) is 43.0 Å². The van der Waals surface area contributed by atoms with Crippen molar-refractivity contribution in [2.45, 2.75) is 26.2 Å². The van der Waals surface area contributed by atoms with Gasteiger partial charge in [0.15, 0.2) is 0 Å². The molecule has 0 aliphatic carbocycles. The second kappa shape index (κ2) is 5.48. The topological polar surface area (TPSA) is 41.1 Å². The molecule has 4 nitrogen and oxygen atoms in total. The molecule has 1 saturated heterocycles. The summed E-state index contributed by atoms with van der Waals surface area (Å²) >= 11 is 3.45. The maximum atomic E-state index is 4.54. The van der Waals surface area contributed by atoms with Crippen LogP contribution in [0.15, 0.2) is 10.7 Å². The third kappa shape index (κ3) is 2.64. The zero-order valence-electron chi connectivity index (χ0n) is 9.54. The molecule has 1 aromatic heterocycles. The van der Waals surface area contributed by atoms with E-state index in [0.717, 1.165) is 35.9 Å². The summed E-state index contributed by atoms with van der Waals surface area (Å²) in [6.07, 6.45) is 5.65. The Bertz CT molecular complexity index is 350. The molecule has 0 atom stereocenters. The van der Waals surface area contributed by atoms with Crippen molar-refractivity contribution in [3.8, 4) is 0 Å². The highest BCUT2D eigenvalue weighted by atomic mass is 79.9. The van der Waals surface area contributed by atoms with Crippen LogP contribution < -0.4 is 10.2 Å². The van der Waals surface area contributed by atoms with Crippen LogP contribution in [0.2, 0.25) is 0 Å². The number of rotatable bonds is 3. The van der Waals surface area contributed by atoms with Crippen LogP contribution >= 0.6 is 15.9 Å². The first-order chi connectivity index (χ1) is 7.81. The van der Waals surface area contributed by atoms with E-state index < -0.39 is 0 Å². The predicted octanol–water partition coefficient (Wildman–Crippen LogP) is 2.66. The number of anilines is 2. The molecule has 1 fully saturated rings. The number of halogens is 1. The van der Waals surface area contributed by atoms with Crippen molar-refractivity contribution >= 4 is 27.7 Å². The summed E-state index contributed by atoms with van der Waals surface area (Å²) in [5, 5.41) is 3.23. The number of nitrogens with zero attached hydrogens (tertiary/aromatic N) is 3. The molecule has 1 aliphatic heterocycles. The van der Waals surface area contributed by atoms with E-state index in [1.807, 2.05) is 6.20 Å².